The average Bonchev–Trinajstić information content (AvgIpc) is 3.13. The van der Waals surface area contributed by atoms with Gasteiger partial charge >= 0.3 is 0 Å². The summed E-state index contributed by atoms with van der Waals surface area (Å²) in [5.41, 5.74) is 7.78. The number of carbonyl (C=O) groups is 2. The smallest absolute Gasteiger partial charge is 0.272 e. The Labute approximate surface area is 172 Å². The number of nitrogens with one attached hydrogen (secondary N) is 2. The predicted molar refractivity (Wildman–Crippen MR) is 115 cm³/mol. The number of thiazole rings is 1. The summed E-state index contributed by atoms with van der Waals surface area (Å²) in [5.74, 6) is 0.142. The number of amides is 2. The van der Waals surface area contributed by atoms with Gasteiger partial charge in [0.25, 0.3) is 11.8 Å². The Balaban J connectivity index is 1.53. The fourth-order valence-electron chi connectivity index (χ4n) is 2.46. The molecule has 1 atom stereocenters. The molecule has 144 valence electrons. The molecule has 0 aliphatic carbocycles. The van der Waals surface area contributed by atoms with Crippen LogP contribution < -0.4 is 10.9 Å². The van der Waals surface area contributed by atoms with Gasteiger partial charge in [0, 0.05) is 11.3 Å². The van der Waals surface area contributed by atoms with E-state index in [9.17, 15) is 9.59 Å². The zero-order valence-corrected chi connectivity index (χ0v) is 17.3. The highest BCUT2D eigenvalue weighted by Gasteiger charge is 2.18. The van der Waals surface area contributed by atoms with Crippen LogP contribution in [0.25, 0.3) is 10.6 Å². The molecule has 0 fully saturated rings. The van der Waals surface area contributed by atoms with Crippen molar-refractivity contribution < 1.29 is 9.59 Å². The zero-order chi connectivity index (χ0) is 19.9. The molecule has 2 aromatic carbocycles. The van der Waals surface area contributed by atoms with Gasteiger partial charge in [-0.25, -0.2) is 4.98 Å². The number of hydrazine groups is 1. The molecule has 0 spiro atoms. The zero-order valence-electron chi connectivity index (χ0n) is 15.6. The first-order chi connectivity index (χ1) is 13.5. The molecule has 1 unspecified atom stereocenters. The third kappa shape index (κ3) is 5.21. The maximum atomic E-state index is 12.5. The molecule has 0 aliphatic rings. The van der Waals surface area contributed by atoms with E-state index in [2.05, 4.69) is 15.8 Å². The maximum Gasteiger partial charge on any atom is 0.281 e. The highest BCUT2D eigenvalue weighted by Crippen LogP contribution is 2.27. The summed E-state index contributed by atoms with van der Waals surface area (Å²) < 4.78 is 0. The molecule has 3 aromatic rings. The van der Waals surface area contributed by atoms with Crippen LogP contribution in [0.15, 0.2) is 60.7 Å². The fourth-order valence-corrected chi connectivity index (χ4v) is 4.27. The van der Waals surface area contributed by atoms with Crippen molar-refractivity contribution in [3.8, 4) is 10.6 Å². The van der Waals surface area contributed by atoms with Gasteiger partial charge in [0.2, 0.25) is 0 Å². The Kier molecular flexibility index (Phi) is 6.84. The number of hydrogen-bond acceptors (Lipinski definition) is 5. The maximum absolute atomic E-state index is 12.5. The first kappa shape index (κ1) is 20.1. The van der Waals surface area contributed by atoms with Gasteiger partial charge in [0.05, 0.1) is 10.9 Å². The lowest BCUT2D eigenvalue weighted by atomic mass is 10.2. The van der Waals surface area contributed by atoms with E-state index in [1.54, 1.807) is 6.92 Å². The molecule has 2 amide bonds. The van der Waals surface area contributed by atoms with Crippen molar-refractivity contribution in [1.29, 1.82) is 0 Å². The van der Waals surface area contributed by atoms with Crippen molar-refractivity contribution in [1.82, 2.24) is 15.8 Å². The molecule has 2 N–H and O–H groups in total. The summed E-state index contributed by atoms with van der Waals surface area (Å²) in [4.78, 5) is 29.7. The highest BCUT2D eigenvalue weighted by molar-refractivity contribution is 7.99. The Hall–Kier alpha value is -2.64. The third-order valence-electron chi connectivity index (χ3n) is 4.03. The minimum absolute atomic E-state index is 0.236. The summed E-state index contributed by atoms with van der Waals surface area (Å²) in [6.07, 6.45) is 0. The highest BCUT2D eigenvalue weighted by atomic mass is 32.2. The summed E-state index contributed by atoms with van der Waals surface area (Å²) in [6.45, 7) is 3.61. The third-order valence-corrected chi connectivity index (χ3v) is 6.45. The second-order valence-corrected chi connectivity index (χ2v) is 8.51. The minimum Gasteiger partial charge on any atom is -0.272 e. The van der Waals surface area contributed by atoms with E-state index in [0.29, 0.717) is 10.6 Å². The van der Waals surface area contributed by atoms with Crippen molar-refractivity contribution in [2.75, 3.05) is 0 Å². The number of aryl methyl sites for hydroxylation is 1. The SMILES string of the molecule is Cc1nc(-c2ccccc2)sc1C(=O)NNC(=O)C(C)SCc1ccccc1. The topological polar surface area (TPSA) is 71.1 Å². The second-order valence-electron chi connectivity index (χ2n) is 6.18. The van der Waals surface area contributed by atoms with Gasteiger partial charge < -0.3 is 0 Å². The van der Waals surface area contributed by atoms with Crippen LogP contribution in [0.3, 0.4) is 0 Å². The van der Waals surface area contributed by atoms with Crippen molar-refractivity contribution in [2.24, 2.45) is 0 Å². The Morgan fingerprint density at radius 1 is 1.04 bits per heavy atom. The standard InChI is InChI=1S/C21H21N3O2S2/c1-14-18(28-21(22-14)17-11-7-4-8-12-17)20(26)24-23-19(25)15(2)27-13-16-9-5-3-6-10-16/h3-12,15H,13H2,1-2H3,(H,23,25)(H,24,26). The van der Waals surface area contributed by atoms with E-state index in [4.69, 9.17) is 0 Å². The first-order valence-corrected chi connectivity index (χ1v) is 10.7. The number of aromatic nitrogens is 1. The van der Waals surface area contributed by atoms with Gasteiger partial charge in [0.1, 0.15) is 9.88 Å². The quantitative estimate of drug-likeness (QED) is 0.597. The Bertz CT molecular complexity index is 943. The minimum atomic E-state index is -0.356. The molecule has 3 rings (SSSR count). The van der Waals surface area contributed by atoms with Gasteiger partial charge in [0.15, 0.2) is 0 Å². The fraction of sp³-hybridized carbons (Fsp3) is 0.190. The Morgan fingerprint density at radius 2 is 1.68 bits per heavy atom. The summed E-state index contributed by atoms with van der Waals surface area (Å²) in [6, 6.07) is 19.7. The largest absolute Gasteiger partial charge is 0.281 e. The molecule has 0 saturated carbocycles. The summed E-state index contributed by atoms with van der Waals surface area (Å²) in [5, 5.41) is 0.490. The normalized spacial score (nSPS) is 11.6. The number of rotatable bonds is 6. The van der Waals surface area contributed by atoms with Crippen LogP contribution in [0, 0.1) is 6.92 Å². The van der Waals surface area contributed by atoms with E-state index in [-0.39, 0.29) is 17.1 Å². The number of benzene rings is 2. The van der Waals surface area contributed by atoms with Gasteiger partial charge in [-0.15, -0.1) is 23.1 Å². The lowest BCUT2D eigenvalue weighted by Gasteiger charge is -2.12. The van der Waals surface area contributed by atoms with Crippen molar-refractivity contribution in [2.45, 2.75) is 24.9 Å². The Morgan fingerprint density at radius 3 is 2.36 bits per heavy atom. The molecule has 1 heterocycles. The molecule has 5 nitrogen and oxygen atoms in total. The van der Waals surface area contributed by atoms with Crippen LogP contribution >= 0.6 is 23.1 Å². The lowest BCUT2D eigenvalue weighted by molar-refractivity contribution is -0.121. The first-order valence-electron chi connectivity index (χ1n) is 8.83. The molecular formula is C21H21N3O2S2. The molecule has 7 heteroatoms. The number of nitrogens with zero attached hydrogens (tertiary/aromatic N) is 1. The van der Waals surface area contributed by atoms with Crippen molar-refractivity contribution in [3.05, 3.63) is 76.8 Å². The van der Waals surface area contributed by atoms with E-state index in [1.807, 2.05) is 67.6 Å². The van der Waals surface area contributed by atoms with Crippen LogP contribution in [-0.2, 0) is 10.5 Å². The average molecular weight is 412 g/mol. The van der Waals surface area contributed by atoms with E-state index < -0.39 is 0 Å². The van der Waals surface area contributed by atoms with Crippen LogP contribution in [0.2, 0.25) is 0 Å². The number of thioether (sulfide) groups is 1. The number of hydrogen-bond donors (Lipinski definition) is 2. The van der Waals surface area contributed by atoms with Crippen LogP contribution in [0.5, 0.6) is 0 Å². The second kappa shape index (κ2) is 9.52. The van der Waals surface area contributed by atoms with Crippen molar-refractivity contribution >= 4 is 34.9 Å². The van der Waals surface area contributed by atoms with Crippen LogP contribution in [-0.4, -0.2) is 22.0 Å². The molecule has 28 heavy (non-hydrogen) atoms. The van der Waals surface area contributed by atoms with Gasteiger partial charge in [-0.05, 0) is 19.4 Å². The van der Waals surface area contributed by atoms with E-state index >= 15 is 0 Å². The monoisotopic (exact) mass is 411 g/mol. The van der Waals surface area contributed by atoms with Gasteiger partial charge in [-0.3, -0.25) is 20.4 Å². The van der Waals surface area contributed by atoms with Crippen LogP contribution in [0.4, 0.5) is 0 Å². The predicted octanol–water partition coefficient (Wildman–Crippen LogP) is 4.20. The molecule has 0 aliphatic heterocycles. The molecular weight excluding hydrogens is 390 g/mol. The molecule has 0 radical (unpaired) electrons. The van der Waals surface area contributed by atoms with Gasteiger partial charge in [-0.1, -0.05) is 60.7 Å². The number of carbonyl (C=O) groups excluding carboxylic acids is 2. The van der Waals surface area contributed by atoms with Crippen molar-refractivity contribution in [3.63, 3.8) is 0 Å². The van der Waals surface area contributed by atoms with E-state index in [1.165, 1.54) is 23.1 Å². The molecule has 1 aromatic heterocycles. The molecule has 0 bridgehead atoms. The molecule has 0 saturated heterocycles. The van der Waals surface area contributed by atoms with Gasteiger partial charge in [-0.2, -0.15) is 0 Å². The van der Waals surface area contributed by atoms with E-state index in [0.717, 1.165) is 21.9 Å². The summed E-state index contributed by atoms with van der Waals surface area (Å²) in [7, 11) is 0. The van der Waals surface area contributed by atoms with Crippen LogP contribution in [0.1, 0.15) is 27.9 Å². The lowest BCUT2D eigenvalue weighted by Crippen LogP contribution is -2.44. The summed E-state index contributed by atoms with van der Waals surface area (Å²) >= 11 is 2.83.